The van der Waals surface area contributed by atoms with Crippen LogP contribution in [0.2, 0.25) is 0 Å². The Balaban J connectivity index is 1.32. The van der Waals surface area contributed by atoms with Crippen LogP contribution in [0.3, 0.4) is 0 Å². The maximum absolute atomic E-state index is 12.9. The standard InChI is InChI=1S/C22H26N4O5/c27-20-9-8-18(23-26(20)14-16-30-17-5-2-1-3-6-17)21(28)24-10-12-25(13-11-24)22(29)19-7-4-15-31-19/h1-3,5-6,8-9,19H,4,7,10-16H2. The number of carbonyl (C=O) groups excluding carboxylic acids is 2. The maximum Gasteiger partial charge on any atom is 0.274 e. The van der Waals surface area contributed by atoms with Gasteiger partial charge in [0.25, 0.3) is 17.4 Å². The number of hydrogen-bond acceptors (Lipinski definition) is 6. The summed E-state index contributed by atoms with van der Waals surface area (Å²) in [5.74, 6) is 0.467. The summed E-state index contributed by atoms with van der Waals surface area (Å²) in [6.07, 6.45) is 1.33. The molecule has 1 aromatic heterocycles. The van der Waals surface area contributed by atoms with E-state index in [1.54, 1.807) is 9.80 Å². The molecule has 0 N–H and O–H groups in total. The van der Waals surface area contributed by atoms with E-state index in [2.05, 4.69) is 5.10 Å². The van der Waals surface area contributed by atoms with Crippen LogP contribution < -0.4 is 10.3 Å². The van der Waals surface area contributed by atoms with Gasteiger partial charge in [0.15, 0.2) is 0 Å². The highest BCUT2D eigenvalue weighted by Gasteiger charge is 2.31. The molecule has 0 saturated carbocycles. The average Bonchev–Trinajstić information content (AvgIpc) is 3.35. The zero-order valence-electron chi connectivity index (χ0n) is 17.3. The fraction of sp³-hybridized carbons (Fsp3) is 0.455. The zero-order valence-corrected chi connectivity index (χ0v) is 17.3. The number of benzene rings is 1. The van der Waals surface area contributed by atoms with E-state index < -0.39 is 0 Å². The molecule has 2 aliphatic rings. The molecule has 2 aliphatic heterocycles. The molecule has 0 radical (unpaired) electrons. The molecular formula is C22H26N4O5. The quantitative estimate of drug-likeness (QED) is 0.678. The monoisotopic (exact) mass is 426 g/mol. The molecule has 1 aromatic carbocycles. The summed E-state index contributed by atoms with van der Waals surface area (Å²) in [6, 6.07) is 12.1. The first-order valence-corrected chi connectivity index (χ1v) is 10.6. The lowest BCUT2D eigenvalue weighted by Crippen LogP contribution is -2.53. The third-order valence-electron chi connectivity index (χ3n) is 5.48. The van der Waals surface area contributed by atoms with Gasteiger partial charge in [0, 0.05) is 38.9 Å². The number of nitrogens with zero attached hydrogens (tertiary/aromatic N) is 4. The van der Waals surface area contributed by atoms with Crippen molar-refractivity contribution in [2.75, 3.05) is 39.4 Å². The molecule has 2 fully saturated rings. The highest BCUT2D eigenvalue weighted by Crippen LogP contribution is 2.16. The lowest BCUT2D eigenvalue weighted by atomic mass is 10.2. The SMILES string of the molecule is O=C(c1ccc(=O)n(CCOc2ccccc2)n1)N1CCN(C(=O)C2CCCO2)CC1. The van der Waals surface area contributed by atoms with Crippen molar-refractivity contribution in [2.24, 2.45) is 0 Å². The van der Waals surface area contributed by atoms with Crippen molar-refractivity contribution in [1.29, 1.82) is 0 Å². The van der Waals surface area contributed by atoms with E-state index in [1.165, 1.54) is 16.8 Å². The summed E-state index contributed by atoms with van der Waals surface area (Å²) in [5.41, 5.74) is -0.0848. The molecule has 2 amide bonds. The number of carbonyl (C=O) groups is 2. The first-order valence-electron chi connectivity index (χ1n) is 10.6. The molecule has 0 bridgehead atoms. The van der Waals surface area contributed by atoms with Crippen LogP contribution in [0.15, 0.2) is 47.3 Å². The van der Waals surface area contributed by atoms with Gasteiger partial charge in [-0.1, -0.05) is 18.2 Å². The molecule has 0 aliphatic carbocycles. The van der Waals surface area contributed by atoms with E-state index in [0.717, 1.165) is 12.8 Å². The number of hydrogen-bond donors (Lipinski definition) is 0. The predicted octanol–water partition coefficient (Wildman–Crippen LogP) is 0.786. The van der Waals surface area contributed by atoms with Crippen LogP contribution in [0.25, 0.3) is 0 Å². The first-order chi connectivity index (χ1) is 15.1. The number of piperazine rings is 1. The van der Waals surface area contributed by atoms with Crippen LogP contribution >= 0.6 is 0 Å². The lowest BCUT2D eigenvalue weighted by molar-refractivity contribution is -0.142. The normalized spacial score (nSPS) is 18.8. The summed E-state index contributed by atoms with van der Waals surface area (Å²) in [4.78, 5) is 40.9. The maximum atomic E-state index is 12.9. The average molecular weight is 426 g/mol. The van der Waals surface area contributed by atoms with Crippen LogP contribution in [-0.4, -0.2) is 76.9 Å². The van der Waals surface area contributed by atoms with Crippen molar-refractivity contribution in [1.82, 2.24) is 19.6 Å². The Bertz CT molecular complexity index is 963. The molecule has 3 heterocycles. The van der Waals surface area contributed by atoms with Gasteiger partial charge in [-0.3, -0.25) is 14.4 Å². The molecule has 2 aromatic rings. The summed E-state index contributed by atoms with van der Waals surface area (Å²) in [7, 11) is 0. The van der Waals surface area contributed by atoms with Crippen LogP contribution in [0.5, 0.6) is 5.75 Å². The Morgan fingerprint density at radius 2 is 1.77 bits per heavy atom. The molecule has 2 saturated heterocycles. The van der Waals surface area contributed by atoms with Crippen LogP contribution in [0, 0.1) is 0 Å². The highest BCUT2D eigenvalue weighted by atomic mass is 16.5. The van der Waals surface area contributed by atoms with Gasteiger partial charge in [0.2, 0.25) is 0 Å². The summed E-state index contributed by atoms with van der Waals surface area (Å²) >= 11 is 0. The van der Waals surface area contributed by atoms with Gasteiger partial charge in [-0.2, -0.15) is 5.10 Å². The van der Waals surface area contributed by atoms with Gasteiger partial charge in [-0.15, -0.1) is 0 Å². The van der Waals surface area contributed by atoms with E-state index in [-0.39, 0.29) is 42.3 Å². The van der Waals surface area contributed by atoms with Crippen molar-refractivity contribution in [2.45, 2.75) is 25.5 Å². The minimum absolute atomic E-state index is 0.00897. The fourth-order valence-electron chi connectivity index (χ4n) is 3.76. The van der Waals surface area contributed by atoms with Gasteiger partial charge in [0.05, 0.1) is 6.54 Å². The van der Waals surface area contributed by atoms with Gasteiger partial charge < -0.3 is 19.3 Å². The molecule has 9 heteroatoms. The number of aromatic nitrogens is 2. The third kappa shape index (κ3) is 5.11. The van der Waals surface area contributed by atoms with E-state index >= 15 is 0 Å². The number of para-hydroxylation sites is 1. The fourth-order valence-corrected chi connectivity index (χ4v) is 3.76. The zero-order chi connectivity index (χ0) is 21.6. The van der Waals surface area contributed by atoms with Crippen molar-refractivity contribution < 1.29 is 19.1 Å². The Morgan fingerprint density at radius 3 is 2.48 bits per heavy atom. The van der Waals surface area contributed by atoms with Crippen LogP contribution in [0.4, 0.5) is 0 Å². The van der Waals surface area contributed by atoms with Gasteiger partial charge in [0.1, 0.15) is 24.2 Å². The molecule has 1 atom stereocenters. The van der Waals surface area contributed by atoms with E-state index in [4.69, 9.17) is 9.47 Å². The topological polar surface area (TPSA) is 94.0 Å². The van der Waals surface area contributed by atoms with E-state index in [1.807, 2.05) is 30.3 Å². The second-order valence-electron chi connectivity index (χ2n) is 7.56. The molecule has 1 unspecified atom stereocenters. The summed E-state index contributed by atoms with van der Waals surface area (Å²) in [5, 5.41) is 4.23. The number of rotatable bonds is 6. The lowest BCUT2D eigenvalue weighted by Gasteiger charge is -2.35. The van der Waals surface area contributed by atoms with Crippen molar-refractivity contribution in [3.8, 4) is 5.75 Å². The Morgan fingerprint density at radius 1 is 1.03 bits per heavy atom. The Kier molecular flexibility index (Phi) is 6.61. The number of amides is 2. The smallest absolute Gasteiger partial charge is 0.274 e. The number of ether oxygens (including phenoxy) is 2. The van der Waals surface area contributed by atoms with Gasteiger partial charge in [-0.05, 0) is 31.0 Å². The van der Waals surface area contributed by atoms with Crippen molar-refractivity contribution in [3.05, 3.63) is 58.5 Å². The molecule has 4 rings (SSSR count). The second-order valence-corrected chi connectivity index (χ2v) is 7.56. The van der Waals surface area contributed by atoms with Gasteiger partial charge >= 0.3 is 0 Å². The molecular weight excluding hydrogens is 400 g/mol. The molecule has 31 heavy (non-hydrogen) atoms. The molecule has 164 valence electrons. The van der Waals surface area contributed by atoms with Crippen LogP contribution in [-0.2, 0) is 16.1 Å². The van der Waals surface area contributed by atoms with Gasteiger partial charge in [-0.25, -0.2) is 4.68 Å². The minimum atomic E-state index is -0.342. The molecule has 9 nitrogen and oxygen atoms in total. The van der Waals surface area contributed by atoms with Crippen LogP contribution in [0.1, 0.15) is 23.3 Å². The second kappa shape index (κ2) is 9.74. The minimum Gasteiger partial charge on any atom is -0.492 e. The Hall–Kier alpha value is -3.20. The van der Waals surface area contributed by atoms with E-state index in [9.17, 15) is 14.4 Å². The van der Waals surface area contributed by atoms with Crippen molar-refractivity contribution >= 4 is 11.8 Å². The largest absolute Gasteiger partial charge is 0.492 e. The van der Waals surface area contributed by atoms with Crippen molar-refractivity contribution in [3.63, 3.8) is 0 Å². The highest BCUT2D eigenvalue weighted by molar-refractivity contribution is 5.92. The first kappa shape index (κ1) is 21.0. The summed E-state index contributed by atoms with van der Waals surface area (Å²) < 4.78 is 12.3. The van der Waals surface area contributed by atoms with E-state index in [0.29, 0.717) is 38.5 Å². The third-order valence-corrected chi connectivity index (χ3v) is 5.48. The Labute approximate surface area is 180 Å². The predicted molar refractivity (Wildman–Crippen MR) is 112 cm³/mol. The molecule has 0 spiro atoms. The summed E-state index contributed by atoms with van der Waals surface area (Å²) in [6.45, 7) is 2.91.